The number of hydrogen-bond acceptors (Lipinski definition) is 3. The first-order valence-corrected chi connectivity index (χ1v) is 10.3. The molecule has 0 unspecified atom stereocenters. The molecule has 156 valence electrons. The highest BCUT2D eigenvalue weighted by Gasteiger charge is 2.29. The zero-order chi connectivity index (χ0) is 21.4. The number of ether oxygens (including phenoxy) is 1. The summed E-state index contributed by atoms with van der Waals surface area (Å²) in [6.07, 6.45) is 0.485. The molecule has 7 heteroatoms. The number of nitrogens with one attached hydrogen (secondary N) is 1. The van der Waals surface area contributed by atoms with Crippen molar-refractivity contribution >= 4 is 35.0 Å². The number of rotatable bonds is 9. The second-order valence-electron chi connectivity index (χ2n) is 6.96. The highest BCUT2D eigenvalue weighted by Crippen LogP contribution is 2.27. The van der Waals surface area contributed by atoms with Gasteiger partial charge < -0.3 is 15.0 Å². The Bertz CT molecular complexity index is 828. The Morgan fingerprint density at radius 2 is 1.79 bits per heavy atom. The Kier molecular flexibility index (Phi) is 8.80. The fraction of sp³-hybridized carbons (Fsp3) is 0.364. The van der Waals surface area contributed by atoms with Crippen molar-refractivity contribution < 1.29 is 14.3 Å². The molecule has 5 nitrogen and oxygen atoms in total. The van der Waals surface area contributed by atoms with Gasteiger partial charge in [-0.05, 0) is 44.0 Å². The summed E-state index contributed by atoms with van der Waals surface area (Å²) in [5.74, 6) is -0.120. The average Bonchev–Trinajstić information content (AvgIpc) is 2.67. The maximum Gasteiger partial charge on any atom is 0.261 e. The highest BCUT2D eigenvalue weighted by molar-refractivity contribution is 6.35. The maximum atomic E-state index is 13.0. The molecule has 2 aromatic rings. The van der Waals surface area contributed by atoms with Gasteiger partial charge in [0.15, 0.2) is 6.61 Å². The Balaban J connectivity index is 2.20. The third-order valence-electron chi connectivity index (χ3n) is 4.26. The normalized spacial score (nSPS) is 11.8. The van der Waals surface area contributed by atoms with Crippen molar-refractivity contribution in [3.05, 3.63) is 64.1 Å². The van der Waals surface area contributed by atoms with E-state index in [9.17, 15) is 9.59 Å². The molecule has 29 heavy (non-hydrogen) atoms. The van der Waals surface area contributed by atoms with E-state index in [1.54, 1.807) is 23.1 Å². The number of carbonyl (C=O) groups is 2. The number of hydrogen-bond donors (Lipinski definition) is 1. The van der Waals surface area contributed by atoms with Crippen LogP contribution in [0.25, 0.3) is 0 Å². The van der Waals surface area contributed by atoms with Gasteiger partial charge in [0.1, 0.15) is 11.8 Å². The Morgan fingerprint density at radius 3 is 2.38 bits per heavy atom. The van der Waals surface area contributed by atoms with Crippen LogP contribution in [0.1, 0.15) is 32.8 Å². The molecule has 2 amide bonds. The van der Waals surface area contributed by atoms with E-state index >= 15 is 0 Å². The molecular formula is C22H26Cl2N2O3. The van der Waals surface area contributed by atoms with Crippen LogP contribution in [-0.4, -0.2) is 35.4 Å². The summed E-state index contributed by atoms with van der Waals surface area (Å²) in [4.78, 5) is 27.3. The number of halogens is 2. The molecule has 0 aliphatic rings. The molecule has 1 atom stereocenters. The molecule has 0 aromatic heterocycles. The van der Waals surface area contributed by atoms with Gasteiger partial charge in [0.05, 0.1) is 5.02 Å². The van der Waals surface area contributed by atoms with Crippen LogP contribution in [-0.2, 0) is 16.1 Å². The summed E-state index contributed by atoms with van der Waals surface area (Å²) in [7, 11) is 0. The van der Waals surface area contributed by atoms with Crippen LogP contribution in [0.3, 0.4) is 0 Å². The fourth-order valence-electron chi connectivity index (χ4n) is 2.89. The number of amides is 2. The zero-order valence-corrected chi connectivity index (χ0v) is 18.3. The predicted octanol–water partition coefficient (Wildman–Crippen LogP) is 4.70. The minimum atomic E-state index is -0.602. The SMILES string of the molecule is CC[C@H](C(=O)NC(C)C)N(Cc1ccccc1)C(=O)COc1ccc(Cl)cc1Cl. The Labute approximate surface area is 181 Å². The summed E-state index contributed by atoms with van der Waals surface area (Å²) < 4.78 is 5.61. The number of nitrogens with zero attached hydrogens (tertiary/aromatic N) is 1. The lowest BCUT2D eigenvalue weighted by atomic mass is 10.1. The van der Waals surface area contributed by atoms with E-state index in [1.165, 1.54) is 0 Å². The smallest absolute Gasteiger partial charge is 0.261 e. The zero-order valence-electron chi connectivity index (χ0n) is 16.8. The van der Waals surface area contributed by atoms with Crippen molar-refractivity contribution in [3.63, 3.8) is 0 Å². The topological polar surface area (TPSA) is 58.6 Å². The van der Waals surface area contributed by atoms with Crippen LogP contribution in [0.2, 0.25) is 10.0 Å². The van der Waals surface area contributed by atoms with Crippen LogP contribution in [0.15, 0.2) is 48.5 Å². The lowest BCUT2D eigenvalue weighted by Gasteiger charge is -2.31. The summed E-state index contributed by atoms with van der Waals surface area (Å²) in [6.45, 7) is 5.73. The Hall–Kier alpha value is -2.24. The molecule has 0 bridgehead atoms. The summed E-state index contributed by atoms with van der Waals surface area (Å²) in [5.41, 5.74) is 0.932. The molecule has 1 N–H and O–H groups in total. The van der Waals surface area contributed by atoms with E-state index < -0.39 is 6.04 Å². The second-order valence-corrected chi connectivity index (χ2v) is 7.80. The van der Waals surface area contributed by atoms with E-state index in [4.69, 9.17) is 27.9 Å². The van der Waals surface area contributed by atoms with Crippen LogP contribution in [0.5, 0.6) is 5.75 Å². The third-order valence-corrected chi connectivity index (χ3v) is 4.79. The Morgan fingerprint density at radius 1 is 1.10 bits per heavy atom. The summed E-state index contributed by atoms with van der Waals surface area (Å²) in [5, 5.41) is 3.70. The summed E-state index contributed by atoms with van der Waals surface area (Å²) >= 11 is 12.0. The van der Waals surface area contributed by atoms with Crippen molar-refractivity contribution in [2.45, 2.75) is 45.8 Å². The molecule has 2 rings (SSSR count). The average molecular weight is 437 g/mol. The van der Waals surface area contributed by atoms with Gasteiger partial charge >= 0.3 is 0 Å². The van der Waals surface area contributed by atoms with Gasteiger partial charge in [-0.25, -0.2) is 0 Å². The van der Waals surface area contributed by atoms with Crippen LogP contribution in [0, 0.1) is 0 Å². The first-order valence-electron chi connectivity index (χ1n) is 9.53. The van der Waals surface area contributed by atoms with Gasteiger partial charge in [-0.3, -0.25) is 9.59 Å². The van der Waals surface area contributed by atoms with Gasteiger partial charge in [-0.2, -0.15) is 0 Å². The molecule has 0 spiro atoms. The maximum absolute atomic E-state index is 13.0. The van der Waals surface area contributed by atoms with E-state index in [2.05, 4.69) is 5.32 Å². The second kappa shape index (κ2) is 11.1. The minimum absolute atomic E-state index is 0.0191. The molecule has 0 aliphatic carbocycles. The molecule has 0 saturated carbocycles. The lowest BCUT2D eigenvalue weighted by molar-refractivity contribution is -0.143. The number of benzene rings is 2. The van der Waals surface area contributed by atoms with Crippen molar-refractivity contribution in [3.8, 4) is 5.75 Å². The molecular weight excluding hydrogens is 411 g/mol. The monoisotopic (exact) mass is 436 g/mol. The first kappa shape index (κ1) is 23.0. The van der Waals surface area contributed by atoms with Crippen molar-refractivity contribution in [2.24, 2.45) is 0 Å². The molecule has 0 radical (unpaired) electrons. The van der Waals surface area contributed by atoms with Gasteiger partial charge in [0.25, 0.3) is 5.91 Å². The highest BCUT2D eigenvalue weighted by atomic mass is 35.5. The third kappa shape index (κ3) is 6.94. The first-order chi connectivity index (χ1) is 13.8. The number of carbonyl (C=O) groups excluding carboxylic acids is 2. The van der Waals surface area contributed by atoms with E-state index in [1.807, 2.05) is 51.1 Å². The van der Waals surface area contributed by atoms with Crippen molar-refractivity contribution in [2.75, 3.05) is 6.61 Å². The van der Waals surface area contributed by atoms with Gasteiger partial charge in [-0.1, -0.05) is 60.5 Å². The lowest BCUT2D eigenvalue weighted by Crippen LogP contribution is -2.51. The van der Waals surface area contributed by atoms with Gasteiger partial charge in [-0.15, -0.1) is 0 Å². The minimum Gasteiger partial charge on any atom is -0.482 e. The fourth-order valence-corrected chi connectivity index (χ4v) is 3.36. The van der Waals surface area contributed by atoms with E-state index in [0.29, 0.717) is 28.8 Å². The molecule has 0 saturated heterocycles. The molecule has 0 aliphatic heterocycles. The molecule has 0 fully saturated rings. The molecule has 0 heterocycles. The van der Waals surface area contributed by atoms with Crippen molar-refractivity contribution in [1.82, 2.24) is 10.2 Å². The predicted molar refractivity (Wildman–Crippen MR) is 116 cm³/mol. The standard InChI is InChI=1S/C22H26Cl2N2O3/c1-4-19(22(28)25-15(2)3)26(13-16-8-6-5-7-9-16)21(27)14-29-20-11-10-17(23)12-18(20)24/h5-12,15,19H,4,13-14H2,1-3H3,(H,25,28)/t19-/m1/s1. The quantitative estimate of drug-likeness (QED) is 0.619. The van der Waals surface area contributed by atoms with Crippen LogP contribution < -0.4 is 10.1 Å². The molecule has 2 aromatic carbocycles. The van der Waals surface area contributed by atoms with Gasteiger partial charge in [0.2, 0.25) is 5.91 Å². The van der Waals surface area contributed by atoms with Crippen molar-refractivity contribution in [1.29, 1.82) is 0 Å². The van der Waals surface area contributed by atoms with Gasteiger partial charge in [0, 0.05) is 17.6 Å². The summed E-state index contributed by atoms with van der Waals surface area (Å²) in [6, 6.07) is 13.7. The van der Waals surface area contributed by atoms with Crippen LogP contribution in [0.4, 0.5) is 0 Å². The van der Waals surface area contributed by atoms with Crippen LogP contribution >= 0.6 is 23.2 Å². The van der Waals surface area contributed by atoms with E-state index in [0.717, 1.165) is 5.56 Å². The van der Waals surface area contributed by atoms with E-state index in [-0.39, 0.29) is 24.5 Å². The largest absolute Gasteiger partial charge is 0.482 e.